The highest BCUT2D eigenvalue weighted by atomic mass is 35.5. The topological polar surface area (TPSA) is 75.7 Å². The van der Waals surface area contributed by atoms with Crippen molar-refractivity contribution in [3.63, 3.8) is 0 Å². The summed E-state index contributed by atoms with van der Waals surface area (Å²) in [4.78, 5) is 13.4. The fraction of sp³-hybridized carbons (Fsp3) is 0.269. The summed E-state index contributed by atoms with van der Waals surface area (Å²) in [6, 6.07) is 17.9. The first kappa shape index (κ1) is 25.4. The minimum absolute atomic E-state index is 0.0619. The fourth-order valence-corrected chi connectivity index (χ4v) is 5.86. The maximum absolute atomic E-state index is 13.5. The van der Waals surface area contributed by atoms with Crippen LogP contribution < -0.4 is 14.4 Å². The summed E-state index contributed by atoms with van der Waals surface area (Å²) in [7, 11) is -4.06. The van der Waals surface area contributed by atoms with E-state index in [9.17, 15) is 13.2 Å². The lowest BCUT2D eigenvalue weighted by Gasteiger charge is -2.38. The largest absolute Gasteiger partial charge is 0.487 e. The molecule has 0 bridgehead atoms. The van der Waals surface area contributed by atoms with Crippen LogP contribution in [0.15, 0.2) is 71.6 Å². The summed E-state index contributed by atoms with van der Waals surface area (Å²) < 4.78 is 34.2. The first-order chi connectivity index (χ1) is 16.5. The Morgan fingerprint density at radius 2 is 1.77 bits per heavy atom. The van der Waals surface area contributed by atoms with E-state index in [1.807, 2.05) is 39.0 Å². The predicted molar refractivity (Wildman–Crippen MR) is 139 cm³/mol. The van der Waals surface area contributed by atoms with Gasteiger partial charge in [0.25, 0.3) is 10.0 Å². The molecule has 0 aliphatic carbocycles. The number of aryl methyl sites for hydroxylation is 1. The highest BCUT2D eigenvalue weighted by molar-refractivity contribution is 7.92. The Morgan fingerprint density at radius 1 is 1.06 bits per heavy atom. The van der Waals surface area contributed by atoms with Gasteiger partial charge in [-0.2, -0.15) is 0 Å². The van der Waals surface area contributed by atoms with E-state index in [0.29, 0.717) is 12.2 Å². The second-order valence-corrected chi connectivity index (χ2v) is 11.8. The molecule has 9 heteroatoms. The Labute approximate surface area is 215 Å². The number of rotatable bonds is 6. The van der Waals surface area contributed by atoms with Gasteiger partial charge in [0.15, 0.2) is 0 Å². The quantitative estimate of drug-likeness (QED) is 0.427. The van der Waals surface area contributed by atoms with Crippen molar-refractivity contribution in [2.45, 2.75) is 43.7 Å². The fourth-order valence-electron chi connectivity index (χ4n) is 4.13. The van der Waals surface area contributed by atoms with Crippen molar-refractivity contribution in [2.24, 2.45) is 0 Å². The Balaban J connectivity index is 1.66. The second kappa shape index (κ2) is 9.72. The molecule has 1 atom stereocenters. The minimum atomic E-state index is -4.06. The molecular formula is C26H26Cl2N2O4S. The van der Waals surface area contributed by atoms with Crippen molar-refractivity contribution < 1.29 is 17.9 Å². The van der Waals surface area contributed by atoms with Crippen LogP contribution >= 0.6 is 23.2 Å². The molecule has 3 aromatic rings. The van der Waals surface area contributed by atoms with Crippen LogP contribution in [-0.2, 0) is 14.8 Å². The maximum Gasteiger partial charge on any atom is 0.264 e. The van der Waals surface area contributed by atoms with E-state index >= 15 is 0 Å². The monoisotopic (exact) mass is 532 g/mol. The molecule has 1 unspecified atom stereocenters. The number of carbonyl (C=O) groups excluding carboxylic acids is 1. The van der Waals surface area contributed by atoms with Gasteiger partial charge in [0.2, 0.25) is 5.91 Å². The van der Waals surface area contributed by atoms with E-state index in [0.717, 1.165) is 15.4 Å². The number of benzene rings is 3. The van der Waals surface area contributed by atoms with Crippen molar-refractivity contribution in [3.8, 4) is 5.75 Å². The first-order valence-corrected chi connectivity index (χ1v) is 13.3. The molecule has 4 rings (SSSR count). The lowest BCUT2D eigenvalue weighted by atomic mass is 9.89. The number of halogens is 2. The van der Waals surface area contributed by atoms with E-state index < -0.39 is 28.1 Å². The molecule has 35 heavy (non-hydrogen) atoms. The minimum Gasteiger partial charge on any atom is -0.487 e. The lowest BCUT2D eigenvalue weighted by molar-refractivity contribution is -0.120. The third-order valence-electron chi connectivity index (χ3n) is 5.77. The first-order valence-electron chi connectivity index (χ1n) is 11.1. The molecule has 3 aromatic carbocycles. The lowest BCUT2D eigenvalue weighted by Crippen LogP contribution is -2.45. The molecule has 1 N–H and O–H groups in total. The number of anilines is 1. The van der Waals surface area contributed by atoms with Crippen molar-refractivity contribution in [3.05, 3.63) is 87.9 Å². The highest BCUT2D eigenvalue weighted by Gasteiger charge is 2.35. The van der Waals surface area contributed by atoms with Crippen LogP contribution in [0.25, 0.3) is 0 Å². The van der Waals surface area contributed by atoms with Gasteiger partial charge in [0.05, 0.1) is 26.7 Å². The van der Waals surface area contributed by atoms with Crippen LogP contribution in [0.2, 0.25) is 10.0 Å². The van der Waals surface area contributed by atoms with Crippen LogP contribution in [-0.4, -0.2) is 26.5 Å². The smallest absolute Gasteiger partial charge is 0.264 e. The van der Waals surface area contributed by atoms with E-state index in [4.69, 9.17) is 27.9 Å². The standard InChI is InChI=1S/C26H26Cl2N2O4S/c1-17-9-11-20-23(15-26(2,3)34-24(20)13-17)29-25(31)16-30(18-10-12-21(27)22(28)14-18)35(32,33)19-7-5-4-6-8-19/h4-14,23H,15-16H2,1-3H3,(H,29,31). The van der Waals surface area contributed by atoms with Crippen LogP contribution in [0.5, 0.6) is 5.75 Å². The molecule has 0 spiro atoms. The van der Waals surface area contributed by atoms with Gasteiger partial charge >= 0.3 is 0 Å². The van der Waals surface area contributed by atoms with Gasteiger partial charge in [0.1, 0.15) is 17.9 Å². The van der Waals surface area contributed by atoms with Crippen molar-refractivity contribution in [2.75, 3.05) is 10.8 Å². The molecule has 1 aliphatic rings. The number of hydrogen-bond donors (Lipinski definition) is 1. The number of hydrogen-bond acceptors (Lipinski definition) is 4. The van der Waals surface area contributed by atoms with Gasteiger partial charge in [-0.25, -0.2) is 8.42 Å². The molecule has 0 aromatic heterocycles. The average molecular weight is 533 g/mol. The maximum atomic E-state index is 13.5. The Morgan fingerprint density at radius 3 is 2.46 bits per heavy atom. The number of ether oxygens (including phenoxy) is 1. The molecule has 1 aliphatic heterocycles. The Hall–Kier alpha value is -2.74. The Kier molecular flexibility index (Phi) is 7.04. The molecule has 0 saturated heterocycles. The zero-order valence-corrected chi connectivity index (χ0v) is 21.9. The average Bonchev–Trinajstić information content (AvgIpc) is 2.79. The van der Waals surface area contributed by atoms with E-state index in [1.165, 1.54) is 30.3 Å². The zero-order valence-electron chi connectivity index (χ0n) is 19.6. The molecule has 6 nitrogen and oxygen atoms in total. The second-order valence-electron chi connectivity index (χ2n) is 9.15. The summed E-state index contributed by atoms with van der Waals surface area (Å²) in [5.74, 6) is 0.259. The number of nitrogens with one attached hydrogen (secondary N) is 1. The third kappa shape index (κ3) is 5.58. The highest BCUT2D eigenvalue weighted by Crippen LogP contribution is 2.40. The van der Waals surface area contributed by atoms with Crippen LogP contribution in [0.4, 0.5) is 5.69 Å². The van der Waals surface area contributed by atoms with Crippen molar-refractivity contribution in [1.82, 2.24) is 5.32 Å². The van der Waals surface area contributed by atoms with Gasteiger partial charge in [-0.1, -0.05) is 53.5 Å². The molecule has 0 saturated carbocycles. The molecule has 1 heterocycles. The summed E-state index contributed by atoms with van der Waals surface area (Å²) in [5.41, 5.74) is 1.64. The summed E-state index contributed by atoms with van der Waals surface area (Å²) in [6.45, 7) is 5.45. The van der Waals surface area contributed by atoms with Gasteiger partial charge < -0.3 is 10.1 Å². The number of fused-ring (bicyclic) bond motifs is 1. The summed E-state index contributed by atoms with van der Waals surface area (Å²) in [6.07, 6.45) is 0.535. The van der Waals surface area contributed by atoms with Gasteiger partial charge in [-0.05, 0) is 62.7 Å². The third-order valence-corrected chi connectivity index (χ3v) is 8.30. The Bertz CT molecular complexity index is 1360. The molecule has 184 valence electrons. The molecule has 0 fully saturated rings. The van der Waals surface area contributed by atoms with E-state index in [1.54, 1.807) is 18.2 Å². The predicted octanol–water partition coefficient (Wildman–Crippen LogP) is 5.92. The zero-order chi connectivity index (χ0) is 25.4. The van der Waals surface area contributed by atoms with Crippen molar-refractivity contribution in [1.29, 1.82) is 0 Å². The number of sulfonamides is 1. The van der Waals surface area contributed by atoms with E-state index in [-0.39, 0.29) is 26.7 Å². The van der Waals surface area contributed by atoms with Gasteiger partial charge in [-0.15, -0.1) is 0 Å². The number of nitrogens with zero attached hydrogens (tertiary/aromatic N) is 1. The van der Waals surface area contributed by atoms with Crippen LogP contribution in [0.1, 0.15) is 37.4 Å². The van der Waals surface area contributed by atoms with Gasteiger partial charge in [-0.3, -0.25) is 9.10 Å². The summed E-state index contributed by atoms with van der Waals surface area (Å²) >= 11 is 12.2. The summed E-state index contributed by atoms with van der Waals surface area (Å²) in [5, 5.41) is 3.49. The van der Waals surface area contributed by atoms with E-state index in [2.05, 4.69) is 5.32 Å². The van der Waals surface area contributed by atoms with Crippen molar-refractivity contribution >= 4 is 44.8 Å². The molecule has 1 amide bonds. The van der Waals surface area contributed by atoms with Gasteiger partial charge in [0, 0.05) is 12.0 Å². The van der Waals surface area contributed by atoms with Crippen LogP contribution in [0, 0.1) is 6.92 Å². The normalized spacial score (nSPS) is 16.7. The number of carbonyl (C=O) groups is 1. The number of amides is 1. The molecule has 0 radical (unpaired) electrons. The SMILES string of the molecule is Cc1ccc2c(c1)OC(C)(C)CC2NC(=O)CN(c1ccc(Cl)c(Cl)c1)S(=O)(=O)c1ccccc1. The molecular weight excluding hydrogens is 507 g/mol. The van der Waals surface area contributed by atoms with Crippen LogP contribution in [0.3, 0.4) is 0 Å².